The van der Waals surface area contributed by atoms with Crippen molar-refractivity contribution in [1.82, 2.24) is 4.57 Å². The maximum absolute atomic E-state index is 12.0. The zero-order valence-electron chi connectivity index (χ0n) is 14.3. The van der Waals surface area contributed by atoms with Crippen molar-refractivity contribution < 1.29 is 14.3 Å². The molecule has 25 heavy (non-hydrogen) atoms. The van der Waals surface area contributed by atoms with Gasteiger partial charge in [0.2, 0.25) is 0 Å². The monoisotopic (exact) mass is 336 g/mol. The summed E-state index contributed by atoms with van der Waals surface area (Å²) in [6.45, 7) is 5.03. The summed E-state index contributed by atoms with van der Waals surface area (Å²) in [4.78, 5) is 23.3. The molecule has 5 nitrogen and oxygen atoms in total. The number of nitrogens with zero attached hydrogens (tertiary/aromatic N) is 1. The molecule has 0 saturated carbocycles. The molecule has 2 N–H and O–H groups in total. The van der Waals surface area contributed by atoms with E-state index in [0.717, 1.165) is 27.8 Å². The summed E-state index contributed by atoms with van der Waals surface area (Å²) in [5.41, 5.74) is 8.57. The molecule has 2 aromatic carbocycles. The number of carbonyl (C=O) groups excluding carboxylic acids is 2. The SMILES string of the molecule is Cc1ccc(C)c(OCCn2cc(C(=O)C(N)=O)c3ccccc32)c1. The van der Waals surface area contributed by atoms with Crippen molar-refractivity contribution in [3.63, 3.8) is 0 Å². The summed E-state index contributed by atoms with van der Waals surface area (Å²) in [6.07, 6.45) is 1.67. The molecule has 0 atom stereocenters. The first-order chi connectivity index (χ1) is 12.0. The second kappa shape index (κ2) is 6.81. The van der Waals surface area contributed by atoms with Crippen molar-refractivity contribution in [3.8, 4) is 5.75 Å². The van der Waals surface area contributed by atoms with E-state index in [2.05, 4.69) is 0 Å². The Morgan fingerprint density at radius 3 is 2.64 bits per heavy atom. The lowest BCUT2D eigenvalue weighted by molar-refractivity contribution is -0.114. The van der Waals surface area contributed by atoms with Crippen LogP contribution >= 0.6 is 0 Å². The number of para-hydroxylation sites is 1. The van der Waals surface area contributed by atoms with Crippen LogP contribution < -0.4 is 10.5 Å². The number of hydrogen-bond donors (Lipinski definition) is 1. The van der Waals surface area contributed by atoms with E-state index in [1.807, 2.05) is 60.9 Å². The molecule has 0 radical (unpaired) electrons. The molecule has 1 aromatic heterocycles. The van der Waals surface area contributed by atoms with Crippen LogP contribution in [-0.2, 0) is 11.3 Å². The van der Waals surface area contributed by atoms with Gasteiger partial charge in [-0.1, -0.05) is 30.3 Å². The van der Waals surface area contributed by atoms with Crippen LogP contribution in [0, 0.1) is 13.8 Å². The lowest BCUT2D eigenvalue weighted by Gasteiger charge is -2.11. The normalized spacial score (nSPS) is 10.8. The van der Waals surface area contributed by atoms with Gasteiger partial charge in [-0.2, -0.15) is 0 Å². The number of fused-ring (bicyclic) bond motifs is 1. The van der Waals surface area contributed by atoms with Gasteiger partial charge in [-0.25, -0.2) is 0 Å². The van der Waals surface area contributed by atoms with Crippen molar-refractivity contribution in [3.05, 3.63) is 65.4 Å². The molecular weight excluding hydrogens is 316 g/mol. The summed E-state index contributed by atoms with van der Waals surface area (Å²) >= 11 is 0. The van der Waals surface area contributed by atoms with E-state index in [-0.39, 0.29) is 0 Å². The minimum Gasteiger partial charge on any atom is -0.491 e. The lowest BCUT2D eigenvalue weighted by Crippen LogP contribution is -2.22. The van der Waals surface area contributed by atoms with Gasteiger partial charge < -0.3 is 15.0 Å². The molecule has 0 bridgehead atoms. The summed E-state index contributed by atoms with van der Waals surface area (Å²) < 4.78 is 7.80. The number of amides is 1. The molecule has 3 aromatic rings. The van der Waals surface area contributed by atoms with E-state index in [1.54, 1.807) is 6.20 Å². The number of ether oxygens (including phenoxy) is 1. The highest BCUT2D eigenvalue weighted by Gasteiger charge is 2.18. The van der Waals surface area contributed by atoms with Crippen molar-refractivity contribution in [2.45, 2.75) is 20.4 Å². The van der Waals surface area contributed by atoms with Crippen molar-refractivity contribution in [1.29, 1.82) is 0 Å². The number of nitrogens with two attached hydrogens (primary N) is 1. The molecule has 1 amide bonds. The van der Waals surface area contributed by atoms with E-state index in [4.69, 9.17) is 10.5 Å². The zero-order valence-corrected chi connectivity index (χ0v) is 14.3. The van der Waals surface area contributed by atoms with Gasteiger partial charge in [-0.05, 0) is 37.1 Å². The lowest BCUT2D eigenvalue weighted by atomic mass is 10.1. The molecule has 1 heterocycles. The smallest absolute Gasteiger partial charge is 0.289 e. The molecular formula is C20H20N2O3. The number of aromatic nitrogens is 1. The van der Waals surface area contributed by atoms with Gasteiger partial charge in [0.15, 0.2) is 0 Å². The first-order valence-corrected chi connectivity index (χ1v) is 8.09. The van der Waals surface area contributed by atoms with Gasteiger partial charge in [0.1, 0.15) is 12.4 Å². The van der Waals surface area contributed by atoms with Crippen LogP contribution in [0.2, 0.25) is 0 Å². The zero-order chi connectivity index (χ0) is 18.0. The Morgan fingerprint density at radius 2 is 1.88 bits per heavy atom. The number of primary amides is 1. The van der Waals surface area contributed by atoms with Crippen LogP contribution in [0.3, 0.4) is 0 Å². The van der Waals surface area contributed by atoms with E-state index in [0.29, 0.717) is 18.7 Å². The largest absolute Gasteiger partial charge is 0.491 e. The molecule has 0 spiro atoms. The first kappa shape index (κ1) is 16.8. The molecule has 5 heteroatoms. The predicted octanol–water partition coefficient (Wildman–Crippen LogP) is 3.01. The van der Waals surface area contributed by atoms with Gasteiger partial charge in [0.25, 0.3) is 11.7 Å². The Labute approximate surface area is 146 Å². The molecule has 0 unspecified atom stereocenters. The molecule has 0 aliphatic rings. The highest BCUT2D eigenvalue weighted by molar-refractivity contribution is 6.44. The fourth-order valence-electron chi connectivity index (χ4n) is 2.86. The van der Waals surface area contributed by atoms with Crippen LogP contribution in [0.1, 0.15) is 21.5 Å². The average Bonchev–Trinajstić information content (AvgIpc) is 2.96. The second-order valence-electron chi connectivity index (χ2n) is 6.06. The summed E-state index contributed by atoms with van der Waals surface area (Å²) in [7, 11) is 0. The number of carbonyl (C=O) groups is 2. The van der Waals surface area contributed by atoms with E-state index in [9.17, 15) is 9.59 Å². The number of Topliss-reactive ketones (excluding diaryl/α,β-unsaturated/α-hetero) is 1. The minimum atomic E-state index is -0.950. The van der Waals surface area contributed by atoms with Crippen molar-refractivity contribution in [2.24, 2.45) is 5.73 Å². The third-order valence-electron chi connectivity index (χ3n) is 4.19. The quantitative estimate of drug-likeness (QED) is 0.555. The fraction of sp³-hybridized carbons (Fsp3) is 0.200. The van der Waals surface area contributed by atoms with Crippen LogP contribution in [0.5, 0.6) is 5.75 Å². The maximum Gasteiger partial charge on any atom is 0.289 e. The third kappa shape index (κ3) is 3.40. The molecule has 0 aliphatic heterocycles. The van der Waals surface area contributed by atoms with E-state index in [1.165, 1.54) is 0 Å². The third-order valence-corrected chi connectivity index (χ3v) is 4.19. The first-order valence-electron chi connectivity index (χ1n) is 8.09. The Kier molecular flexibility index (Phi) is 4.57. The summed E-state index contributed by atoms with van der Waals surface area (Å²) in [6, 6.07) is 13.5. The number of rotatable bonds is 6. The highest BCUT2D eigenvalue weighted by Crippen LogP contribution is 2.23. The number of aryl methyl sites for hydroxylation is 2. The highest BCUT2D eigenvalue weighted by atomic mass is 16.5. The average molecular weight is 336 g/mol. The summed E-state index contributed by atoms with van der Waals surface area (Å²) in [5.74, 6) is -0.773. The molecule has 128 valence electrons. The van der Waals surface area contributed by atoms with E-state index < -0.39 is 11.7 Å². The Hall–Kier alpha value is -3.08. The number of hydrogen-bond acceptors (Lipinski definition) is 3. The van der Waals surface area contributed by atoms with Gasteiger partial charge in [0, 0.05) is 17.1 Å². The van der Waals surface area contributed by atoms with E-state index >= 15 is 0 Å². The van der Waals surface area contributed by atoms with Gasteiger partial charge >= 0.3 is 0 Å². The number of ketones is 1. The van der Waals surface area contributed by atoms with Gasteiger partial charge in [-0.15, -0.1) is 0 Å². The maximum atomic E-state index is 12.0. The molecule has 0 saturated heterocycles. The van der Waals surface area contributed by atoms with Gasteiger partial charge in [0.05, 0.1) is 12.1 Å². The fourth-order valence-corrected chi connectivity index (χ4v) is 2.86. The predicted molar refractivity (Wildman–Crippen MR) is 96.9 cm³/mol. The summed E-state index contributed by atoms with van der Waals surface area (Å²) in [5, 5.41) is 0.720. The minimum absolute atomic E-state index is 0.329. The Balaban J connectivity index is 1.83. The van der Waals surface area contributed by atoms with Crippen LogP contribution in [-0.4, -0.2) is 22.9 Å². The Morgan fingerprint density at radius 1 is 1.12 bits per heavy atom. The van der Waals surface area contributed by atoms with Crippen LogP contribution in [0.25, 0.3) is 10.9 Å². The number of benzene rings is 2. The molecule has 0 aliphatic carbocycles. The van der Waals surface area contributed by atoms with Crippen LogP contribution in [0.15, 0.2) is 48.7 Å². The van der Waals surface area contributed by atoms with Crippen molar-refractivity contribution >= 4 is 22.6 Å². The van der Waals surface area contributed by atoms with Crippen molar-refractivity contribution in [2.75, 3.05) is 6.61 Å². The topological polar surface area (TPSA) is 74.3 Å². The second-order valence-corrected chi connectivity index (χ2v) is 6.06. The molecule has 0 fully saturated rings. The molecule has 3 rings (SSSR count). The van der Waals surface area contributed by atoms with Crippen LogP contribution in [0.4, 0.5) is 0 Å². The van der Waals surface area contributed by atoms with Gasteiger partial charge in [-0.3, -0.25) is 9.59 Å². The Bertz CT molecular complexity index is 957. The standard InChI is InChI=1S/C20H20N2O3/c1-13-7-8-14(2)18(11-13)25-10-9-22-12-16(19(23)20(21)24)15-5-3-4-6-17(15)22/h3-8,11-12H,9-10H2,1-2H3,(H2,21,24).